The van der Waals surface area contributed by atoms with Crippen molar-refractivity contribution in [3.8, 4) is 0 Å². The number of hydrogen-bond acceptors (Lipinski definition) is 3. The van der Waals surface area contributed by atoms with Crippen LogP contribution in [0.15, 0.2) is 0 Å². The fourth-order valence-corrected chi connectivity index (χ4v) is 2.49. The molecule has 1 fully saturated rings. The van der Waals surface area contributed by atoms with Gasteiger partial charge in [0.1, 0.15) is 6.04 Å². The molecule has 0 spiro atoms. The highest BCUT2D eigenvalue weighted by molar-refractivity contribution is 5.87. The summed E-state index contributed by atoms with van der Waals surface area (Å²) < 4.78 is 0. The van der Waals surface area contributed by atoms with Gasteiger partial charge in [-0.15, -0.1) is 0 Å². The van der Waals surface area contributed by atoms with E-state index in [9.17, 15) is 9.59 Å². The normalized spacial score (nSPS) is 25.8. The van der Waals surface area contributed by atoms with Crippen LogP contribution in [0.4, 0.5) is 0 Å². The first-order valence-corrected chi connectivity index (χ1v) is 6.56. The lowest BCUT2D eigenvalue weighted by Gasteiger charge is -2.29. The number of nitrogens with two attached hydrogens (primary N) is 2. The zero-order valence-electron chi connectivity index (χ0n) is 11.5. The third-order valence-corrected chi connectivity index (χ3v) is 3.62. The van der Waals surface area contributed by atoms with Crippen molar-refractivity contribution in [2.24, 2.45) is 22.8 Å². The molecule has 104 valence electrons. The van der Waals surface area contributed by atoms with E-state index in [4.69, 9.17) is 11.5 Å². The first kappa shape index (κ1) is 15.0. The van der Waals surface area contributed by atoms with Gasteiger partial charge in [0.05, 0.1) is 0 Å². The molecule has 5 heteroatoms. The van der Waals surface area contributed by atoms with Gasteiger partial charge in [-0.25, -0.2) is 0 Å². The molecule has 0 saturated heterocycles. The molecule has 2 amide bonds. The second-order valence-electron chi connectivity index (χ2n) is 6.33. The highest BCUT2D eigenvalue weighted by Gasteiger charge is 2.32. The first-order valence-electron chi connectivity index (χ1n) is 6.56. The Bertz CT molecular complexity index is 323. The van der Waals surface area contributed by atoms with E-state index in [1.165, 1.54) is 0 Å². The van der Waals surface area contributed by atoms with Crippen LogP contribution in [0, 0.1) is 11.3 Å². The van der Waals surface area contributed by atoms with Crippen molar-refractivity contribution in [3.63, 3.8) is 0 Å². The summed E-state index contributed by atoms with van der Waals surface area (Å²) in [6.07, 6.45) is 3.44. The van der Waals surface area contributed by atoms with E-state index in [-0.39, 0.29) is 23.3 Å². The highest BCUT2D eigenvalue weighted by atomic mass is 16.2. The SMILES string of the molecule is CC(C)(C)[C@H](NC(=O)C[C@@H]1CCC[C@H]1N)C(N)=O. The molecule has 0 aliphatic heterocycles. The molecule has 0 radical (unpaired) electrons. The summed E-state index contributed by atoms with van der Waals surface area (Å²) in [6.45, 7) is 5.64. The van der Waals surface area contributed by atoms with Gasteiger partial charge in [0.15, 0.2) is 0 Å². The van der Waals surface area contributed by atoms with Gasteiger partial charge in [-0.3, -0.25) is 9.59 Å². The van der Waals surface area contributed by atoms with E-state index in [0.717, 1.165) is 19.3 Å². The van der Waals surface area contributed by atoms with Gasteiger partial charge >= 0.3 is 0 Å². The van der Waals surface area contributed by atoms with Crippen LogP contribution in [0.1, 0.15) is 46.5 Å². The number of amides is 2. The van der Waals surface area contributed by atoms with Crippen LogP contribution < -0.4 is 16.8 Å². The number of nitrogens with one attached hydrogen (secondary N) is 1. The maximum Gasteiger partial charge on any atom is 0.240 e. The minimum Gasteiger partial charge on any atom is -0.368 e. The van der Waals surface area contributed by atoms with Crippen LogP contribution in [0.3, 0.4) is 0 Å². The van der Waals surface area contributed by atoms with Crippen LogP contribution in [-0.2, 0) is 9.59 Å². The summed E-state index contributed by atoms with van der Waals surface area (Å²) >= 11 is 0. The van der Waals surface area contributed by atoms with Crippen molar-refractivity contribution in [1.82, 2.24) is 5.32 Å². The van der Waals surface area contributed by atoms with Gasteiger partial charge < -0.3 is 16.8 Å². The Hall–Kier alpha value is -1.10. The Morgan fingerprint density at radius 3 is 2.33 bits per heavy atom. The summed E-state index contributed by atoms with van der Waals surface area (Å²) in [5.41, 5.74) is 10.9. The quantitative estimate of drug-likeness (QED) is 0.683. The van der Waals surface area contributed by atoms with Gasteiger partial charge in [0.2, 0.25) is 11.8 Å². The van der Waals surface area contributed by atoms with Crippen molar-refractivity contribution < 1.29 is 9.59 Å². The smallest absolute Gasteiger partial charge is 0.240 e. The fraction of sp³-hybridized carbons (Fsp3) is 0.846. The van der Waals surface area contributed by atoms with Crippen LogP contribution in [0.2, 0.25) is 0 Å². The second-order valence-corrected chi connectivity index (χ2v) is 6.33. The maximum absolute atomic E-state index is 11.9. The van der Waals surface area contributed by atoms with E-state index >= 15 is 0 Å². The lowest BCUT2D eigenvalue weighted by atomic mass is 9.86. The van der Waals surface area contributed by atoms with Gasteiger partial charge in [0.25, 0.3) is 0 Å². The lowest BCUT2D eigenvalue weighted by Crippen LogP contribution is -2.52. The minimum atomic E-state index is -0.636. The Kier molecular flexibility index (Phi) is 4.73. The monoisotopic (exact) mass is 255 g/mol. The molecular weight excluding hydrogens is 230 g/mol. The molecule has 1 aliphatic rings. The highest BCUT2D eigenvalue weighted by Crippen LogP contribution is 2.27. The largest absolute Gasteiger partial charge is 0.368 e. The molecule has 1 saturated carbocycles. The lowest BCUT2D eigenvalue weighted by molar-refractivity contribution is -0.130. The zero-order valence-corrected chi connectivity index (χ0v) is 11.5. The van der Waals surface area contributed by atoms with Crippen molar-refractivity contribution in [1.29, 1.82) is 0 Å². The molecule has 0 aromatic heterocycles. The molecule has 5 N–H and O–H groups in total. The van der Waals surface area contributed by atoms with Crippen LogP contribution >= 0.6 is 0 Å². The third-order valence-electron chi connectivity index (χ3n) is 3.62. The molecule has 1 aliphatic carbocycles. The molecular formula is C13H25N3O2. The average Bonchev–Trinajstić information content (AvgIpc) is 2.59. The Morgan fingerprint density at radius 2 is 1.94 bits per heavy atom. The molecule has 0 bridgehead atoms. The molecule has 0 heterocycles. The van der Waals surface area contributed by atoms with E-state index in [1.54, 1.807) is 0 Å². The molecule has 18 heavy (non-hydrogen) atoms. The molecule has 0 aromatic carbocycles. The summed E-state index contributed by atoms with van der Waals surface area (Å²) in [5.74, 6) is -0.388. The van der Waals surface area contributed by atoms with E-state index in [2.05, 4.69) is 5.32 Å². The third kappa shape index (κ3) is 3.98. The summed E-state index contributed by atoms with van der Waals surface area (Å²) in [5, 5.41) is 2.73. The minimum absolute atomic E-state index is 0.109. The average molecular weight is 255 g/mol. The number of rotatable bonds is 4. The standard InChI is InChI=1S/C13H25N3O2/c1-13(2,3)11(12(15)18)16-10(17)7-8-5-4-6-9(8)14/h8-9,11H,4-7,14H2,1-3H3,(H2,15,18)(H,16,17)/t8-,9+,11+/m0/s1. The van der Waals surface area contributed by atoms with Crippen LogP contribution in [0.25, 0.3) is 0 Å². The molecule has 5 nitrogen and oxygen atoms in total. The topological polar surface area (TPSA) is 98.2 Å². The van der Waals surface area contributed by atoms with E-state index < -0.39 is 11.9 Å². The van der Waals surface area contributed by atoms with Crippen molar-refractivity contribution >= 4 is 11.8 Å². The molecule has 3 atom stereocenters. The molecule has 0 unspecified atom stereocenters. The first-order chi connectivity index (χ1) is 8.21. The zero-order chi connectivity index (χ0) is 13.9. The Balaban J connectivity index is 2.54. The van der Waals surface area contributed by atoms with Crippen molar-refractivity contribution in [2.75, 3.05) is 0 Å². The number of carbonyl (C=O) groups is 2. The van der Waals surface area contributed by atoms with Crippen LogP contribution in [0.5, 0.6) is 0 Å². The van der Waals surface area contributed by atoms with Crippen molar-refractivity contribution in [2.45, 2.75) is 58.5 Å². The summed E-state index contributed by atoms with van der Waals surface area (Å²) in [6, 6.07) is -0.528. The van der Waals surface area contributed by atoms with E-state index in [0.29, 0.717) is 6.42 Å². The number of carbonyl (C=O) groups excluding carboxylic acids is 2. The Labute approximate surface area is 109 Å². The van der Waals surface area contributed by atoms with E-state index in [1.807, 2.05) is 20.8 Å². The summed E-state index contributed by atoms with van der Waals surface area (Å²) in [7, 11) is 0. The summed E-state index contributed by atoms with van der Waals surface area (Å²) in [4.78, 5) is 23.3. The van der Waals surface area contributed by atoms with Gasteiger partial charge in [-0.2, -0.15) is 0 Å². The Morgan fingerprint density at radius 1 is 1.33 bits per heavy atom. The fourth-order valence-electron chi connectivity index (χ4n) is 2.49. The number of hydrogen-bond donors (Lipinski definition) is 3. The number of primary amides is 1. The van der Waals surface area contributed by atoms with Crippen molar-refractivity contribution in [3.05, 3.63) is 0 Å². The predicted molar refractivity (Wildman–Crippen MR) is 70.5 cm³/mol. The van der Waals surface area contributed by atoms with Gasteiger partial charge in [-0.05, 0) is 24.2 Å². The van der Waals surface area contributed by atoms with Crippen LogP contribution in [-0.4, -0.2) is 23.9 Å². The van der Waals surface area contributed by atoms with Gasteiger partial charge in [0, 0.05) is 12.5 Å². The predicted octanol–water partition coefficient (Wildman–Crippen LogP) is 0.520. The second kappa shape index (κ2) is 5.69. The van der Waals surface area contributed by atoms with Gasteiger partial charge in [-0.1, -0.05) is 27.2 Å². The molecule has 0 aromatic rings. The maximum atomic E-state index is 11.9. The molecule has 1 rings (SSSR count).